The molecule has 0 aliphatic heterocycles. The molecule has 1 amide bonds. The monoisotopic (exact) mass is 443 g/mol. The van der Waals surface area contributed by atoms with E-state index in [2.05, 4.69) is 10.3 Å². The van der Waals surface area contributed by atoms with Gasteiger partial charge in [0.1, 0.15) is 24.3 Å². The summed E-state index contributed by atoms with van der Waals surface area (Å²) in [6.07, 6.45) is -0.807. The van der Waals surface area contributed by atoms with Crippen LogP contribution in [-0.4, -0.2) is 39.1 Å². The Morgan fingerprint density at radius 3 is 2.39 bits per heavy atom. The topological polar surface area (TPSA) is 93.5 Å². The molecule has 0 spiro atoms. The van der Waals surface area contributed by atoms with E-state index in [9.17, 15) is 14.7 Å². The Labute approximate surface area is 191 Å². The molecule has 1 aromatic heterocycles. The fraction of sp³-hybridized carbons (Fsp3) is 0.192. The number of nitrogens with one attached hydrogen (secondary N) is 1. The van der Waals surface area contributed by atoms with Gasteiger partial charge >= 0.3 is 0 Å². The zero-order valence-corrected chi connectivity index (χ0v) is 18.3. The van der Waals surface area contributed by atoms with Gasteiger partial charge in [-0.3, -0.25) is 9.59 Å². The van der Waals surface area contributed by atoms with Crippen molar-refractivity contribution in [3.05, 3.63) is 95.8 Å². The molecule has 1 heterocycles. The predicted octanol–water partition coefficient (Wildman–Crippen LogP) is 3.61. The summed E-state index contributed by atoms with van der Waals surface area (Å²) < 4.78 is 7.59. The summed E-state index contributed by atoms with van der Waals surface area (Å²) in [6, 6.07) is 23.4. The first-order chi connectivity index (χ1) is 16.0. The first-order valence-electron chi connectivity index (χ1n) is 10.7. The number of fused-ring (bicyclic) bond motifs is 1. The minimum Gasteiger partial charge on any atom is -0.491 e. The Morgan fingerprint density at radius 2 is 1.67 bits per heavy atom. The van der Waals surface area contributed by atoms with Gasteiger partial charge in [-0.05, 0) is 55.5 Å². The third kappa shape index (κ3) is 5.45. The molecule has 7 heteroatoms. The summed E-state index contributed by atoms with van der Waals surface area (Å²) in [5, 5.41) is 13.5. The number of rotatable bonds is 9. The molecule has 3 aromatic carbocycles. The first-order valence-corrected chi connectivity index (χ1v) is 10.7. The average Bonchev–Trinajstić information content (AvgIpc) is 3.19. The molecule has 4 aromatic rings. The largest absolute Gasteiger partial charge is 0.491 e. The van der Waals surface area contributed by atoms with Crippen LogP contribution >= 0.6 is 0 Å². The fourth-order valence-corrected chi connectivity index (χ4v) is 3.56. The van der Waals surface area contributed by atoms with Crippen molar-refractivity contribution in [3.63, 3.8) is 0 Å². The number of hydrogen-bond donors (Lipinski definition) is 2. The highest BCUT2D eigenvalue weighted by Gasteiger charge is 2.16. The Morgan fingerprint density at radius 1 is 0.970 bits per heavy atom. The van der Waals surface area contributed by atoms with Crippen molar-refractivity contribution < 1.29 is 19.4 Å². The number of para-hydroxylation sites is 2. The van der Waals surface area contributed by atoms with Gasteiger partial charge in [0.2, 0.25) is 0 Å². The second-order valence-electron chi connectivity index (χ2n) is 7.72. The zero-order chi connectivity index (χ0) is 23.2. The normalized spacial score (nSPS) is 11.8. The average molecular weight is 444 g/mol. The smallest absolute Gasteiger partial charge is 0.251 e. The molecule has 0 saturated carbocycles. The van der Waals surface area contributed by atoms with E-state index in [0.29, 0.717) is 22.7 Å². The maximum atomic E-state index is 12.5. The van der Waals surface area contributed by atoms with Crippen LogP contribution in [0.3, 0.4) is 0 Å². The lowest BCUT2D eigenvalue weighted by molar-refractivity contribution is 0.0915. The molecule has 0 saturated heterocycles. The Kier molecular flexibility index (Phi) is 6.80. The molecule has 0 aliphatic rings. The Bertz CT molecular complexity index is 1250. The molecular formula is C26H25N3O4. The highest BCUT2D eigenvalue weighted by atomic mass is 16.5. The van der Waals surface area contributed by atoms with Gasteiger partial charge in [-0.15, -0.1) is 0 Å². The van der Waals surface area contributed by atoms with Gasteiger partial charge in [-0.2, -0.15) is 0 Å². The second-order valence-corrected chi connectivity index (χ2v) is 7.72. The van der Waals surface area contributed by atoms with Crippen LogP contribution in [0.15, 0.2) is 78.9 Å². The number of aliphatic hydroxyl groups excluding tert-OH is 1. The fourth-order valence-electron chi connectivity index (χ4n) is 3.56. The van der Waals surface area contributed by atoms with Gasteiger partial charge in [-0.25, -0.2) is 4.98 Å². The molecule has 2 N–H and O–H groups in total. The van der Waals surface area contributed by atoms with Crippen LogP contribution in [0.4, 0.5) is 0 Å². The number of ether oxygens (including phenoxy) is 1. The molecule has 33 heavy (non-hydrogen) atoms. The Balaban J connectivity index is 1.44. The molecule has 1 atom stereocenters. The first kappa shape index (κ1) is 22.2. The van der Waals surface area contributed by atoms with Gasteiger partial charge in [0.25, 0.3) is 5.91 Å². The van der Waals surface area contributed by atoms with Gasteiger partial charge in [-0.1, -0.05) is 30.3 Å². The minimum absolute atomic E-state index is 0.0135. The van der Waals surface area contributed by atoms with E-state index in [1.54, 1.807) is 36.4 Å². The molecule has 0 fully saturated rings. The van der Waals surface area contributed by atoms with E-state index in [1.165, 1.54) is 6.92 Å². The number of ketones is 1. The van der Waals surface area contributed by atoms with Crippen LogP contribution in [0.5, 0.6) is 5.75 Å². The van der Waals surface area contributed by atoms with E-state index in [0.717, 1.165) is 11.0 Å². The number of aliphatic hydroxyl groups is 1. The van der Waals surface area contributed by atoms with Crippen LogP contribution in [0.25, 0.3) is 11.0 Å². The zero-order valence-electron chi connectivity index (χ0n) is 18.3. The summed E-state index contributed by atoms with van der Waals surface area (Å²) in [6.45, 7) is 2.06. The van der Waals surface area contributed by atoms with E-state index in [4.69, 9.17) is 4.74 Å². The van der Waals surface area contributed by atoms with Gasteiger partial charge in [0.15, 0.2) is 5.78 Å². The SMILES string of the molecule is CC(=O)c1ccc(OCC(O)Cn2c(CNC(=O)c3ccccc3)nc3ccccc32)cc1. The van der Waals surface area contributed by atoms with Crippen molar-refractivity contribution in [2.75, 3.05) is 6.61 Å². The van der Waals surface area contributed by atoms with Crippen molar-refractivity contribution in [2.45, 2.75) is 26.1 Å². The lowest BCUT2D eigenvalue weighted by atomic mass is 10.1. The molecule has 0 bridgehead atoms. The summed E-state index contributed by atoms with van der Waals surface area (Å²) in [7, 11) is 0. The van der Waals surface area contributed by atoms with Crippen molar-refractivity contribution in [3.8, 4) is 5.75 Å². The van der Waals surface area contributed by atoms with E-state index in [1.807, 2.05) is 47.0 Å². The number of imidazole rings is 1. The third-order valence-corrected chi connectivity index (χ3v) is 5.27. The molecule has 0 radical (unpaired) electrons. The predicted molar refractivity (Wildman–Crippen MR) is 125 cm³/mol. The molecule has 4 rings (SSSR count). The van der Waals surface area contributed by atoms with Crippen LogP contribution in [-0.2, 0) is 13.1 Å². The lowest BCUT2D eigenvalue weighted by Crippen LogP contribution is -2.28. The summed E-state index contributed by atoms with van der Waals surface area (Å²) in [4.78, 5) is 28.5. The van der Waals surface area contributed by atoms with Gasteiger partial charge in [0, 0.05) is 11.1 Å². The van der Waals surface area contributed by atoms with E-state index < -0.39 is 6.10 Å². The van der Waals surface area contributed by atoms with Crippen molar-refractivity contribution >= 4 is 22.7 Å². The highest BCUT2D eigenvalue weighted by Crippen LogP contribution is 2.18. The summed E-state index contributed by atoms with van der Waals surface area (Å²) in [5.41, 5.74) is 2.83. The van der Waals surface area contributed by atoms with E-state index in [-0.39, 0.29) is 31.4 Å². The summed E-state index contributed by atoms with van der Waals surface area (Å²) >= 11 is 0. The number of benzene rings is 3. The molecule has 1 unspecified atom stereocenters. The van der Waals surface area contributed by atoms with Crippen molar-refractivity contribution in [1.29, 1.82) is 0 Å². The standard InChI is InChI=1S/C26H25N3O4/c1-18(30)19-11-13-22(14-12-19)33-17-21(31)16-29-24-10-6-5-9-23(24)28-25(29)15-27-26(32)20-7-3-2-4-8-20/h2-14,21,31H,15-17H2,1H3,(H,27,32). The van der Waals surface area contributed by atoms with Crippen molar-refractivity contribution in [1.82, 2.24) is 14.9 Å². The van der Waals surface area contributed by atoms with Crippen molar-refractivity contribution in [2.24, 2.45) is 0 Å². The van der Waals surface area contributed by atoms with Crippen LogP contribution in [0.1, 0.15) is 33.5 Å². The maximum absolute atomic E-state index is 12.5. The number of nitrogens with zero attached hydrogens (tertiary/aromatic N) is 2. The molecular weight excluding hydrogens is 418 g/mol. The van der Waals surface area contributed by atoms with Gasteiger partial charge < -0.3 is 19.7 Å². The second kappa shape index (κ2) is 10.1. The lowest BCUT2D eigenvalue weighted by Gasteiger charge is -2.16. The highest BCUT2D eigenvalue weighted by molar-refractivity contribution is 5.94. The van der Waals surface area contributed by atoms with E-state index >= 15 is 0 Å². The number of carbonyl (C=O) groups is 2. The van der Waals surface area contributed by atoms with Gasteiger partial charge in [0.05, 0.1) is 24.1 Å². The number of Topliss-reactive ketones (excluding diaryl/α,β-unsaturated/α-hetero) is 1. The molecule has 7 nitrogen and oxygen atoms in total. The van der Waals surface area contributed by atoms with Crippen LogP contribution in [0.2, 0.25) is 0 Å². The van der Waals surface area contributed by atoms with Crippen LogP contribution < -0.4 is 10.1 Å². The number of amides is 1. The number of aromatic nitrogens is 2. The minimum atomic E-state index is -0.807. The summed E-state index contributed by atoms with van der Waals surface area (Å²) in [5.74, 6) is 1.02. The number of hydrogen-bond acceptors (Lipinski definition) is 5. The molecule has 168 valence electrons. The third-order valence-electron chi connectivity index (χ3n) is 5.27. The Hall–Kier alpha value is -3.97. The molecule has 0 aliphatic carbocycles. The van der Waals surface area contributed by atoms with Crippen LogP contribution in [0, 0.1) is 0 Å². The maximum Gasteiger partial charge on any atom is 0.251 e. The number of carbonyl (C=O) groups excluding carboxylic acids is 2. The quantitative estimate of drug-likeness (QED) is 0.386.